The van der Waals surface area contributed by atoms with E-state index >= 15 is 0 Å². The van der Waals surface area contributed by atoms with Gasteiger partial charge in [0.15, 0.2) is 0 Å². The predicted octanol–water partition coefficient (Wildman–Crippen LogP) is 2.60. The van der Waals surface area contributed by atoms with Crippen LogP contribution in [0.4, 0.5) is 0 Å². The zero-order chi connectivity index (χ0) is 14.7. The van der Waals surface area contributed by atoms with Gasteiger partial charge in [0.2, 0.25) is 0 Å². The van der Waals surface area contributed by atoms with Gasteiger partial charge in [0, 0.05) is 36.7 Å². The first-order valence-electron chi connectivity index (χ1n) is 7.30. The maximum atomic E-state index is 10.3. The second-order valence-electron chi connectivity index (χ2n) is 5.16. The Balaban J connectivity index is 1.81. The first-order chi connectivity index (χ1) is 10.3. The largest absolute Gasteiger partial charge is 0.392 e. The fourth-order valence-electron chi connectivity index (χ4n) is 2.64. The number of nitrogens with zero attached hydrogens (tertiary/aromatic N) is 3. The predicted molar refractivity (Wildman–Crippen MR) is 83.1 cm³/mol. The third kappa shape index (κ3) is 2.95. The van der Waals surface area contributed by atoms with Crippen molar-refractivity contribution in [1.29, 1.82) is 0 Å². The SMILES string of the molecule is CCn1nc(CC(O)Cc2ccccn2)c2ccccc21. The molecule has 2 heterocycles. The van der Waals surface area contributed by atoms with Gasteiger partial charge in [0.05, 0.1) is 17.3 Å². The summed E-state index contributed by atoms with van der Waals surface area (Å²) in [7, 11) is 0. The third-order valence-corrected chi connectivity index (χ3v) is 3.63. The van der Waals surface area contributed by atoms with E-state index in [4.69, 9.17) is 0 Å². The molecule has 3 rings (SSSR count). The Kier molecular flexibility index (Phi) is 3.97. The number of pyridine rings is 1. The molecule has 0 saturated heterocycles. The average molecular weight is 281 g/mol. The first kappa shape index (κ1) is 13.8. The number of hydrogen-bond acceptors (Lipinski definition) is 3. The van der Waals surface area contributed by atoms with Gasteiger partial charge in [-0.25, -0.2) is 0 Å². The van der Waals surface area contributed by atoms with Crippen molar-refractivity contribution in [3.8, 4) is 0 Å². The summed E-state index contributed by atoms with van der Waals surface area (Å²) in [6.07, 6.45) is 2.38. The van der Waals surface area contributed by atoms with Crippen LogP contribution >= 0.6 is 0 Å². The fourth-order valence-corrected chi connectivity index (χ4v) is 2.64. The number of rotatable bonds is 5. The summed E-state index contributed by atoms with van der Waals surface area (Å²) >= 11 is 0. The normalized spacial score (nSPS) is 12.7. The number of aryl methyl sites for hydroxylation is 1. The molecule has 4 nitrogen and oxygen atoms in total. The molecular weight excluding hydrogens is 262 g/mol. The van der Waals surface area contributed by atoms with Crippen LogP contribution in [0.25, 0.3) is 10.9 Å². The summed E-state index contributed by atoms with van der Waals surface area (Å²) in [5.74, 6) is 0. The van der Waals surface area contributed by atoms with Crippen LogP contribution in [0.15, 0.2) is 48.7 Å². The van der Waals surface area contributed by atoms with E-state index in [-0.39, 0.29) is 0 Å². The summed E-state index contributed by atoms with van der Waals surface area (Å²) < 4.78 is 1.98. The van der Waals surface area contributed by atoms with Crippen LogP contribution < -0.4 is 0 Å². The molecular formula is C17H19N3O. The zero-order valence-corrected chi connectivity index (χ0v) is 12.1. The van der Waals surface area contributed by atoms with E-state index < -0.39 is 6.10 Å². The highest BCUT2D eigenvalue weighted by Crippen LogP contribution is 2.20. The maximum absolute atomic E-state index is 10.3. The number of aliphatic hydroxyl groups excluding tert-OH is 1. The van der Waals surface area contributed by atoms with E-state index in [2.05, 4.69) is 29.1 Å². The summed E-state index contributed by atoms with van der Waals surface area (Å²) in [5, 5.41) is 16.1. The van der Waals surface area contributed by atoms with Crippen molar-refractivity contribution in [2.45, 2.75) is 32.4 Å². The lowest BCUT2D eigenvalue weighted by molar-refractivity contribution is 0.173. The Hall–Kier alpha value is -2.20. The Morgan fingerprint density at radius 2 is 1.90 bits per heavy atom. The van der Waals surface area contributed by atoms with E-state index in [1.54, 1.807) is 6.20 Å². The smallest absolute Gasteiger partial charge is 0.0729 e. The van der Waals surface area contributed by atoms with Crippen LogP contribution in [0.5, 0.6) is 0 Å². The molecule has 0 amide bonds. The van der Waals surface area contributed by atoms with E-state index in [0.29, 0.717) is 12.8 Å². The number of para-hydroxylation sites is 1. The summed E-state index contributed by atoms with van der Waals surface area (Å²) in [6, 6.07) is 13.9. The summed E-state index contributed by atoms with van der Waals surface area (Å²) in [4.78, 5) is 4.26. The second-order valence-corrected chi connectivity index (χ2v) is 5.16. The highest BCUT2D eigenvalue weighted by Gasteiger charge is 2.14. The monoisotopic (exact) mass is 281 g/mol. The molecule has 0 aliphatic heterocycles. The molecule has 2 aromatic heterocycles. The van der Waals surface area contributed by atoms with E-state index in [1.807, 2.05) is 35.0 Å². The number of aliphatic hydroxyl groups is 1. The summed E-state index contributed by atoms with van der Waals surface area (Å²) in [6.45, 7) is 2.91. The van der Waals surface area contributed by atoms with Gasteiger partial charge >= 0.3 is 0 Å². The van der Waals surface area contributed by atoms with Crippen LogP contribution in [0.2, 0.25) is 0 Å². The van der Waals surface area contributed by atoms with Crippen molar-refractivity contribution < 1.29 is 5.11 Å². The molecule has 0 aliphatic rings. The standard InChI is InChI=1S/C17H19N3O/c1-2-20-17-9-4-3-8-15(17)16(19-20)12-14(21)11-13-7-5-6-10-18-13/h3-10,14,21H,2,11-12H2,1H3. The molecule has 4 heteroatoms. The Morgan fingerprint density at radius 1 is 1.10 bits per heavy atom. The Morgan fingerprint density at radius 3 is 2.67 bits per heavy atom. The number of hydrogen-bond donors (Lipinski definition) is 1. The number of aromatic nitrogens is 3. The molecule has 0 spiro atoms. The van der Waals surface area contributed by atoms with Crippen molar-refractivity contribution in [3.63, 3.8) is 0 Å². The van der Waals surface area contributed by atoms with Crippen LogP contribution in [-0.4, -0.2) is 26.0 Å². The van der Waals surface area contributed by atoms with Crippen LogP contribution in [0.1, 0.15) is 18.3 Å². The van der Waals surface area contributed by atoms with Gasteiger partial charge in [0.25, 0.3) is 0 Å². The lowest BCUT2D eigenvalue weighted by Crippen LogP contribution is -2.15. The van der Waals surface area contributed by atoms with Crippen molar-refractivity contribution in [2.24, 2.45) is 0 Å². The zero-order valence-electron chi connectivity index (χ0n) is 12.1. The topological polar surface area (TPSA) is 50.9 Å². The van der Waals surface area contributed by atoms with E-state index in [9.17, 15) is 5.11 Å². The highest BCUT2D eigenvalue weighted by atomic mass is 16.3. The molecule has 1 aromatic carbocycles. The third-order valence-electron chi connectivity index (χ3n) is 3.63. The number of benzene rings is 1. The van der Waals surface area contributed by atoms with Gasteiger partial charge in [0.1, 0.15) is 0 Å². The minimum atomic E-state index is -0.469. The Bertz CT molecular complexity index is 721. The quantitative estimate of drug-likeness (QED) is 0.782. The molecule has 3 aromatic rings. The van der Waals surface area contributed by atoms with Crippen molar-refractivity contribution in [1.82, 2.24) is 14.8 Å². The van der Waals surface area contributed by atoms with Gasteiger partial charge in [-0.2, -0.15) is 5.10 Å². The Labute approximate surface area is 124 Å². The van der Waals surface area contributed by atoms with Crippen LogP contribution in [-0.2, 0) is 19.4 Å². The first-order valence-corrected chi connectivity index (χ1v) is 7.30. The summed E-state index contributed by atoms with van der Waals surface area (Å²) in [5.41, 5.74) is 2.99. The fraction of sp³-hybridized carbons (Fsp3) is 0.294. The van der Waals surface area contributed by atoms with Crippen molar-refractivity contribution in [2.75, 3.05) is 0 Å². The van der Waals surface area contributed by atoms with Gasteiger partial charge in [-0.3, -0.25) is 9.67 Å². The molecule has 0 radical (unpaired) electrons. The molecule has 21 heavy (non-hydrogen) atoms. The lowest BCUT2D eigenvalue weighted by Gasteiger charge is -2.08. The minimum Gasteiger partial charge on any atom is -0.392 e. The van der Waals surface area contributed by atoms with Crippen molar-refractivity contribution in [3.05, 3.63) is 60.0 Å². The van der Waals surface area contributed by atoms with Crippen LogP contribution in [0.3, 0.4) is 0 Å². The van der Waals surface area contributed by atoms with Gasteiger partial charge in [-0.15, -0.1) is 0 Å². The molecule has 1 N–H and O–H groups in total. The molecule has 1 atom stereocenters. The molecule has 0 fully saturated rings. The van der Waals surface area contributed by atoms with Gasteiger partial charge < -0.3 is 5.11 Å². The minimum absolute atomic E-state index is 0.469. The average Bonchev–Trinajstić information content (AvgIpc) is 2.86. The molecule has 0 bridgehead atoms. The highest BCUT2D eigenvalue weighted by molar-refractivity contribution is 5.82. The van der Waals surface area contributed by atoms with Crippen molar-refractivity contribution >= 4 is 10.9 Å². The molecule has 0 saturated carbocycles. The number of fused-ring (bicyclic) bond motifs is 1. The van der Waals surface area contributed by atoms with Gasteiger partial charge in [-0.05, 0) is 25.1 Å². The van der Waals surface area contributed by atoms with E-state index in [1.165, 1.54) is 0 Å². The van der Waals surface area contributed by atoms with Crippen LogP contribution in [0, 0.1) is 0 Å². The lowest BCUT2D eigenvalue weighted by atomic mass is 10.1. The molecule has 1 unspecified atom stereocenters. The molecule has 108 valence electrons. The molecule has 0 aliphatic carbocycles. The maximum Gasteiger partial charge on any atom is 0.0729 e. The second kappa shape index (κ2) is 6.06. The van der Waals surface area contributed by atoms with E-state index in [0.717, 1.165) is 28.8 Å². The van der Waals surface area contributed by atoms with Gasteiger partial charge in [-0.1, -0.05) is 24.3 Å².